The Hall–Kier alpha value is -5.05. The highest BCUT2D eigenvalue weighted by atomic mass is 16.6. The molecular formula is C92H163N3O37. The first-order valence-corrected chi connectivity index (χ1v) is 46.6. The van der Waals surface area contributed by atoms with E-state index in [4.69, 9.17) is 123 Å². The lowest BCUT2D eigenvalue weighted by Gasteiger charge is -2.38. The van der Waals surface area contributed by atoms with Crippen molar-refractivity contribution in [1.29, 1.82) is 0 Å². The summed E-state index contributed by atoms with van der Waals surface area (Å²) >= 11 is 0. The number of esters is 1. The van der Waals surface area contributed by atoms with Crippen LogP contribution in [0.2, 0.25) is 0 Å². The molecular weight excluding hydrogens is 1740 g/mol. The third-order valence-corrected chi connectivity index (χ3v) is 20.4. The van der Waals surface area contributed by atoms with Crippen LogP contribution < -0.4 is 5.32 Å². The number of aliphatic hydroxyl groups excluding tert-OH is 3. The van der Waals surface area contributed by atoms with E-state index in [0.29, 0.717) is 301 Å². The van der Waals surface area contributed by atoms with E-state index in [0.717, 1.165) is 4.90 Å². The number of imide groups is 1. The quantitative estimate of drug-likeness (QED) is 0.0270. The first kappa shape index (κ1) is 121. The number of nitrogens with one attached hydrogen (secondary N) is 1. The first-order chi connectivity index (χ1) is 63.7. The Balaban J connectivity index is 1.09. The fourth-order valence-corrected chi connectivity index (χ4v) is 12.6. The maximum absolute atomic E-state index is 13.9. The number of hydrogen-bond acceptors (Lipinski definition) is 37. The van der Waals surface area contributed by atoms with Crippen molar-refractivity contribution in [3.05, 3.63) is 34.9 Å². The third-order valence-electron chi connectivity index (χ3n) is 20.4. The Kier molecular flexibility index (Phi) is 72.3. The fraction of sp³-hybridized carbons (Fsp3) is 0.859. The van der Waals surface area contributed by atoms with Gasteiger partial charge in [0.1, 0.15) is 31.1 Å². The van der Waals surface area contributed by atoms with Crippen LogP contribution in [0.3, 0.4) is 0 Å². The molecule has 1 aromatic rings. The number of nitrogens with zero attached hydrogens (tertiary/aromatic N) is 2. The van der Waals surface area contributed by atoms with Crippen LogP contribution in [-0.2, 0) is 176 Å². The van der Waals surface area contributed by atoms with Crippen LogP contribution in [-0.4, -0.2) is 445 Å². The molecule has 2 fully saturated rings. The maximum Gasteiger partial charge on any atom is 0.311 e. The number of aliphatic hydroxyl groups is 4. The van der Waals surface area contributed by atoms with Gasteiger partial charge in [0.2, 0.25) is 23.6 Å². The predicted octanol–water partition coefficient (Wildman–Crippen LogP) is 2.41. The fourth-order valence-electron chi connectivity index (χ4n) is 12.6. The molecule has 0 aromatic heterocycles. The molecule has 2 aliphatic heterocycles. The lowest BCUT2D eigenvalue weighted by Crippen LogP contribution is -2.51. The molecule has 132 heavy (non-hydrogen) atoms. The van der Waals surface area contributed by atoms with Crippen LogP contribution in [0, 0.1) is 28.6 Å². The minimum absolute atomic E-state index is 0.0238. The molecule has 40 nitrogen and oxygen atoms in total. The number of methoxy groups -OCH3 is 1. The molecule has 40 heteroatoms. The van der Waals surface area contributed by atoms with Gasteiger partial charge in [-0.3, -0.25) is 38.5 Å². The molecule has 5 N–H and O–H groups in total. The Morgan fingerprint density at radius 3 is 1.13 bits per heavy atom. The number of likely N-dealkylation sites (tertiary alicyclic amines) is 1. The normalized spacial score (nSPS) is 16.6. The summed E-state index contributed by atoms with van der Waals surface area (Å²) in [7, 11) is 1.64. The Morgan fingerprint density at radius 2 is 0.818 bits per heavy atom. The van der Waals surface area contributed by atoms with Gasteiger partial charge in [0.15, 0.2) is 12.1 Å². The molecule has 1 aromatic carbocycles. The highest BCUT2D eigenvalue weighted by Gasteiger charge is 2.46. The third kappa shape index (κ3) is 62.0. The molecule has 3 rings (SSSR count). The van der Waals surface area contributed by atoms with Crippen LogP contribution in [0.25, 0.3) is 0 Å². The van der Waals surface area contributed by atoms with Crippen LogP contribution in [0.15, 0.2) is 18.2 Å². The van der Waals surface area contributed by atoms with E-state index in [2.05, 4.69) is 5.32 Å². The van der Waals surface area contributed by atoms with Crippen LogP contribution in [0.5, 0.6) is 0 Å². The molecule has 2 aliphatic rings. The van der Waals surface area contributed by atoms with Gasteiger partial charge < -0.3 is 154 Å². The van der Waals surface area contributed by atoms with E-state index in [-0.39, 0.29) is 109 Å². The van der Waals surface area contributed by atoms with Gasteiger partial charge in [-0.25, -0.2) is 0 Å². The number of Topliss-reactive ketones (excluding diaryl/α,β-unsaturated/α-hetero) is 2. The van der Waals surface area contributed by atoms with Crippen molar-refractivity contribution in [3.8, 4) is 0 Å². The van der Waals surface area contributed by atoms with Crippen molar-refractivity contribution in [3.63, 3.8) is 0 Å². The van der Waals surface area contributed by atoms with E-state index >= 15 is 0 Å². The SMILES string of the molecule is COCCOCCOCCOCCOCCOCCOCCOCCOCCOCCOCCOCCOCCOCCOCCOCCOCCOCCOCCOCCOCCOCCOCCOCCN(CCC(=O)C[C@H](C(=O)N[C@@H](C)C(=O)Cc1ccc(COC(=O)C(C)(C)C)c(CCC2O[C@H](C(O)O)C[C@H](O)[C@H]2O)c1)C(C)C)C(=O)CN1C(=O)C[C@@H](C(C)(C)C)C1=O. The topological polar surface area (TPSA) is 459 Å². The number of hydrogen-bond donors (Lipinski definition) is 5. The zero-order chi connectivity index (χ0) is 96.3. The summed E-state index contributed by atoms with van der Waals surface area (Å²) in [4.78, 5) is 97.1. The largest absolute Gasteiger partial charge is 0.460 e. The number of rotatable bonds is 91. The van der Waals surface area contributed by atoms with Gasteiger partial charge in [0.05, 0.1) is 340 Å². The lowest BCUT2D eigenvalue weighted by molar-refractivity contribution is -0.231. The zero-order valence-corrected chi connectivity index (χ0v) is 80.6. The second-order valence-electron chi connectivity index (χ2n) is 33.5. The minimum Gasteiger partial charge on any atom is -0.460 e. The van der Waals surface area contributed by atoms with E-state index in [9.17, 15) is 54.0 Å². The summed E-state index contributed by atoms with van der Waals surface area (Å²) in [6.07, 6.45) is -6.87. The van der Waals surface area contributed by atoms with Crippen LogP contribution >= 0.6 is 0 Å². The molecule has 0 radical (unpaired) electrons. The second kappa shape index (κ2) is 78.8. The molecule has 768 valence electrons. The molecule has 2 heterocycles. The summed E-state index contributed by atoms with van der Waals surface area (Å²) in [5, 5.41) is 43.5. The van der Waals surface area contributed by atoms with Gasteiger partial charge in [-0.15, -0.1) is 0 Å². The predicted molar refractivity (Wildman–Crippen MR) is 478 cm³/mol. The molecule has 4 amide bonds. The second-order valence-corrected chi connectivity index (χ2v) is 33.5. The summed E-state index contributed by atoms with van der Waals surface area (Å²) in [6, 6.07) is 4.20. The molecule has 0 aliphatic carbocycles. The Labute approximate surface area is 781 Å². The van der Waals surface area contributed by atoms with Crippen LogP contribution in [0.4, 0.5) is 0 Å². The smallest absolute Gasteiger partial charge is 0.311 e. The van der Waals surface area contributed by atoms with Gasteiger partial charge in [0.25, 0.3) is 0 Å². The van der Waals surface area contributed by atoms with Gasteiger partial charge in [-0.2, -0.15) is 0 Å². The summed E-state index contributed by atoms with van der Waals surface area (Å²) in [6.45, 7) is 35.6. The molecule has 1 unspecified atom stereocenters. The number of ketones is 2. The number of carbonyl (C=O) groups is 7. The maximum atomic E-state index is 13.9. The van der Waals surface area contributed by atoms with Gasteiger partial charge in [0, 0.05) is 58.2 Å². The molecule has 2 saturated heterocycles. The Morgan fingerprint density at radius 1 is 0.477 bits per heavy atom. The number of amides is 4. The van der Waals surface area contributed by atoms with Crippen molar-refractivity contribution in [1.82, 2.24) is 15.1 Å². The number of ether oxygens (including phenoxy) is 26. The zero-order valence-electron chi connectivity index (χ0n) is 80.6. The van der Waals surface area contributed by atoms with Crippen molar-refractivity contribution in [2.75, 3.05) is 337 Å². The highest BCUT2D eigenvalue weighted by Crippen LogP contribution is 2.36. The van der Waals surface area contributed by atoms with Crippen molar-refractivity contribution in [2.45, 2.75) is 151 Å². The molecule has 0 saturated carbocycles. The summed E-state index contributed by atoms with van der Waals surface area (Å²) < 4.78 is 144. The highest BCUT2D eigenvalue weighted by molar-refractivity contribution is 6.06. The monoisotopic (exact) mass is 1900 g/mol. The summed E-state index contributed by atoms with van der Waals surface area (Å²) in [5.74, 6) is -4.87. The average molecular weight is 1900 g/mol. The van der Waals surface area contributed by atoms with Crippen molar-refractivity contribution in [2.24, 2.45) is 28.6 Å². The van der Waals surface area contributed by atoms with Gasteiger partial charge >= 0.3 is 5.97 Å². The minimum atomic E-state index is -1.88. The molecule has 7 atom stereocenters. The standard InChI is InChI=1S/C92H163N3O37/c1-72(2)78(87(102)93-73(3)80(97)66-74-11-12-76(71-131-90(106)92(7,8)9)75(65-74)13-14-82-86(101)81(98)69-83(132-82)89(104)105)67-77(96)15-16-94(85(100)70-95-84(99)68-79(88(95)103)91(4,5)6)17-18-108-21-22-110-25-26-112-29-30-114-33-34-116-37-38-118-41-42-120-45-46-122-49-50-124-53-54-126-57-58-128-61-62-130-64-63-129-60-59-127-56-55-125-52-51-123-48-47-121-44-43-119-40-39-117-36-35-115-32-31-113-28-27-111-24-23-109-20-19-107-10/h11-12,65,72-73,78-79,81-83,86,89,98,101,104-105H,13-64,66-71H2,1-10H3,(H,93,102)/t73-,78-,79+,81-,82?,83-,86+/m0/s1. The first-order valence-electron chi connectivity index (χ1n) is 46.6. The summed E-state index contributed by atoms with van der Waals surface area (Å²) in [5.41, 5.74) is 0.532. The van der Waals surface area contributed by atoms with E-state index < -0.39 is 95.6 Å². The van der Waals surface area contributed by atoms with Gasteiger partial charge in [-0.1, -0.05) is 52.8 Å². The molecule has 0 spiro atoms. The molecule has 0 bridgehead atoms. The number of carbonyl (C=O) groups excluding carboxylic acids is 7. The number of benzene rings is 1. The number of aryl methyl sites for hydroxylation is 1. The van der Waals surface area contributed by atoms with E-state index in [1.165, 1.54) is 4.90 Å². The van der Waals surface area contributed by atoms with E-state index in [1.807, 2.05) is 20.8 Å². The van der Waals surface area contributed by atoms with Crippen molar-refractivity contribution >= 4 is 41.2 Å². The van der Waals surface area contributed by atoms with E-state index in [1.54, 1.807) is 66.9 Å². The van der Waals surface area contributed by atoms with Gasteiger partial charge in [-0.05, 0) is 68.6 Å². The average Bonchev–Trinajstić information content (AvgIpc) is 1.65. The lowest BCUT2D eigenvalue weighted by atomic mass is 9.80. The Bertz CT molecular complexity index is 3060. The van der Waals surface area contributed by atoms with Crippen LogP contribution in [0.1, 0.15) is 111 Å². The van der Waals surface area contributed by atoms with Crippen molar-refractivity contribution < 1.29 is 177 Å².